The first kappa shape index (κ1) is 42.0. The maximum Gasteiger partial charge on any atom is 0.161 e. The number of fused-ring (bicyclic) bond motifs is 8. The van der Waals surface area contributed by atoms with Gasteiger partial charge in [0.15, 0.2) is 11.6 Å². The molecule has 0 N–H and O–H groups in total. The third kappa shape index (κ3) is 7.40. The molecule has 340 valence electrons. The summed E-state index contributed by atoms with van der Waals surface area (Å²) in [5.41, 5.74) is 12.8. The number of hydrogen-bond donors (Lipinski definition) is 0. The summed E-state index contributed by atoms with van der Waals surface area (Å²) >= 11 is 0. The van der Waals surface area contributed by atoms with Gasteiger partial charge in [0.1, 0.15) is 5.82 Å². The molecule has 0 aliphatic carbocycles. The maximum absolute atomic E-state index is 5.73. The van der Waals surface area contributed by atoms with Gasteiger partial charge in [-0.05, 0) is 74.8 Å². The molecule has 6 nitrogen and oxygen atoms in total. The van der Waals surface area contributed by atoms with E-state index in [9.17, 15) is 0 Å². The Morgan fingerprint density at radius 3 is 1.16 bits per heavy atom. The van der Waals surface area contributed by atoms with Gasteiger partial charge in [-0.2, -0.15) is 0 Å². The second-order valence-corrected chi connectivity index (χ2v) is 18.4. The van der Waals surface area contributed by atoms with Gasteiger partial charge >= 0.3 is 0 Å². The van der Waals surface area contributed by atoms with Gasteiger partial charge in [-0.3, -0.25) is 4.57 Å². The predicted octanol–water partition coefficient (Wildman–Crippen LogP) is 16.9. The minimum atomic E-state index is 0.640. The third-order valence-electron chi connectivity index (χ3n) is 14.0. The number of imidazole rings is 1. The van der Waals surface area contributed by atoms with Crippen LogP contribution in [0.25, 0.3) is 139 Å². The smallest absolute Gasteiger partial charge is 0.161 e. The van der Waals surface area contributed by atoms with Gasteiger partial charge in [0, 0.05) is 55.4 Å². The summed E-state index contributed by atoms with van der Waals surface area (Å²) in [4.78, 5) is 27.4. The highest BCUT2D eigenvalue weighted by molar-refractivity contribution is 6.24. The second kappa shape index (κ2) is 17.5. The van der Waals surface area contributed by atoms with Crippen molar-refractivity contribution in [3.05, 3.63) is 255 Å². The topological polar surface area (TPSA) is 69.4 Å². The Hall–Kier alpha value is -9.91. The molecule has 14 rings (SSSR count). The Kier molecular flexibility index (Phi) is 10.1. The summed E-state index contributed by atoms with van der Waals surface area (Å²) in [7, 11) is 0. The van der Waals surface area contributed by atoms with E-state index in [1.807, 2.05) is 12.1 Å². The Balaban J connectivity index is 1.09. The number of para-hydroxylation sites is 1. The van der Waals surface area contributed by atoms with E-state index in [1.54, 1.807) is 0 Å². The molecule has 0 saturated carbocycles. The molecule has 6 heteroatoms. The zero-order chi connectivity index (χ0) is 48.2. The van der Waals surface area contributed by atoms with Gasteiger partial charge in [-0.1, -0.05) is 212 Å². The second-order valence-electron chi connectivity index (χ2n) is 18.4. The Labute approximate surface area is 421 Å². The number of benzene rings is 11. The SMILES string of the molecule is c1ccc(-c2cc(-c3cc(-c4cc(-c5ccccc5)nc(-c5cccc6ccccc56)n4)cc(-c4nc5c6ccccc6c6ccccc6c5n4-c4ccccc4)c3)nc(-c3cccc4ccccc34)n2)cc1. The summed E-state index contributed by atoms with van der Waals surface area (Å²) in [6.07, 6.45) is 0. The van der Waals surface area contributed by atoms with Crippen LogP contribution in [0.3, 0.4) is 0 Å². The lowest BCUT2D eigenvalue weighted by atomic mass is 9.97. The van der Waals surface area contributed by atoms with Crippen LogP contribution in [0.15, 0.2) is 255 Å². The maximum atomic E-state index is 5.73. The fourth-order valence-corrected chi connectivity index (χ4v) is 10.6. The minimum absolute atomic E-state index is 0.640. The molecule has 0 saturated heterocycles. The number of aromatic nitrogens is 6. The van der Waals surface area contributed by atoms with Crippen molar-refractivity contribution in [1.82, 2.24) is 29.5 Å². The van der Waals surface area contributed by atoms with Gasteiger partial charge in [-0.25, -0.2) is 24.9 Å². The molecule has 0 fully saturated rings. The Morgan fingerprint density at radius 1 is 0.260 bits per heavy atom. The lowest BCUT2D eigenvalue weighted by Gasteiger charge is -2.16. The van der Waals surface area contributed by atoms with Crippen LogP contribution in [0.4, 0.5) is 0 Å². The van der Waals surface area contributed by atoms with E-state index in [4.69, 9.17) is 24.9 Å². The van der Waals surface area contributed by atoms with Gasteiger partial charge in [-0.15, -0.1) is 0 Å². The fourth-order valence-electron chi connectivity index (χ4n) is 10.6. The minimum Gasteiger partial charge on any atom is -0.292 e. The third-order valence-corrected chi connectivity index (χ3v) is 14.0. The van der Waals surface area contributed by atoms with Crippen LogP contribution >= 0.6 is 0 Å². The highest BCUT2D eigenvalue weighted by Gasteiger charge is 2.23. The molecular weight excluding hydrogens is 889 g/mol. The lowest BCUT2D eigenvalue weighted by molar-refractivity contribution is 1.11. The van der Waals surface area contributed by atoms with Crippen LogP contribution < -0.4 is 0 Å². The molecule has 0 atom stereocenters. The molecule has 0 aliphatic heterocycles. The van der Waals surface area contributed by atoms with Crippen LogP contribution in [-0.2, 0) is 0 Å². The molecule has 3 heterocycles. The summed E-state index contributed by atoms with van der Waals surface area (Å²) in [6.45, 7) is 0. The largest absolute Gasteiger partial charge is 0.292 e. The van der Waals surface area contributed by atoms with Crippen molar-refractivity contribution in [2.75, 3.05) is 0 Å². The summed E-state index contributed by atoms with van der Waals surface area (Å²) < 4.78 is 2.33. The number of nitrogens with zero attached hydrogens (tertiary/aromatic N) is 6. The van der Waals surface area contributed by atoms with E-state index in [0.29, 0.717) is 11.6 Å². The van der Waals surface area contributed by atoms with E-state index < -0.39 is 0 Å². The molecule has 0 spiro atoms. The normalized spacial score (nSPS) is 11.6. The first-order chi connectivity index (χ1) is 36.2. The van der Waals surface area contributed by atoms with Gasteiger partial charge in [0.05, 0.1) is 33.8 Å². The van der Waals surface area contributed by atoms with Crippen LogP contribution in [0.5, 0.6) is 0 Å². The highest BCUT2D eigenvalue weighted by atomic mass is 15.1. The van der Waals surface area contributed by atoms with Gasteiger partial charge < -0.3 is 0 Å². The van der Waals surface area contributed by atoms with Crippen molar-refractivity contribution in [1.29, 1.82) is 0 Å². The van der Waals surface area contributed by atoms with Crippen LogP contribution in [0.2, 0.25) is 0 Å². The predicted molar refractivity (Wildman–Crippen MR) is 300 cm³/mol. The Bertz CT molecular complexity index is 4240. The number of rotatable bonds is 8. The quantitative estimate of drug-likeness (QED) is 0.142. The zero-order valence-electron chi connectivity index (χ0n) is 39.4. The van der Waals surface area contributed by atoms with Crippen LogP contribution in [-0.4, -0.2) is 29.5 Å². The molecule has 0 aliphatic rings. The number of hydrogen-bond acceptors (Lipinski definition) is 5. The van der Waals surface area contributed by atoms with Gasteiger partial charge in [0.2, 0.25) is 0 Å². The van der Waals surface area contributed by atoms with E-state index in [2.05, 4.69) is 247 Å². The first-order valence-electron chi connectivity index (χ1n) is 24.6. The molecule has 3 aromatic heterocycles. The molecule has 0 bridgehead atoms. The van der Waals surface area contributed by atoms with Crippen molar-refractivity contribution in [2.24, 2.45) is 0 Å². The van der Waals surface area contributed by atoms with Crippen LogP contribution in [0.1, 0.15) is 0 Å². The van der Waals surface area contributed by atoms with E-state index >= 15 is 0 Å². The summed E-state index contributed by atoms with van der Waals surface area (Å²) in [5, 5.41) is 8.98. The van der Waals surface area contributed by atoms with Crippen molar-refractivity contribution in [2.45, 2.75) is 0 Å². The van der Waals surface area contributed by atoms with Crippen molar-refractivity contribution in [3.8, 4) is 84.9 Å². The molecule has 11 aromatic carbocycles. The molecule has 0 radical (unpaired) electrons. The zero-order valence-corrected chi connectivity index (χ0v) is 39.4. The highest BCUT2D eigenvalue weighted by Crippen LogP contribution is 2.42. The van der Waals surface area contributed by atoms with E-state index in [-0.39, 0.29) is 0 Å². The van der Waals surface area contributed by atoms with Gasteiger partial charge in [0.25, 0.3) is 0 Å². The van der Waals surface area contributed by atoms with Crippen LogP contribution in [0, 0.1) is 0 Å². The van der Waals surface area contributed by atoms with E-state index in [1.165, 1.54) is 5.39 Å². The monoisotopic (exact) mass is 930 g/mol. The average Bonchev–Trinajstić information content (AvgIpc) is 3.89. The van der Waals surface area contributed by atoms with Crippen molar-refractivity contribution in [3.63, 3.8) is 0 Å². The standard InChI is InChI=1S/C67H42N6/c1-4-22-45(23-5-1)59-41-61(70-65(68-59)57-36-18-26-43-20-10-12-30-51(43)57)47-38-48(62-42-60(46-24-6-2-7-25-46)69-66(71-62)58-37-19-27-44-21-11-13-31-52(44)58)40-49(39-47)67-72-63-55-34-16-14-32-53(55)54-33-15-17-35-56(54)64(63)73(67)50-28-8-3-9-29-50/h1-42H. The summed E-state index contributed by atoms with van der Waals surface area (Å²) in [6, 6.07) is 89.1. The molecule has 0 unspecified atom stereocenters. The molecule has 0 amide bonds. The van der Waals surface area contributed by atoms with Crippen molar-refractivity contribution >= 4 is 54.1 Å². The Morgan fingerprint density at radius 2 is 0.644 bits per heavy atom. The average molecular weight is 931 g/mol. The fraction of sp³-hybridized carbons (Fsp3) is 0. The molecule has 73 heavy (non-hydrogen) atoms. The molecule has 14 aromatic rings. The van der Waals surface area contributed by atoms with E-state index in [0.717, 1.165) is 122 Å². The molecular formula is C67H42N6. The van der Waals surface area contributed by atoms with Crippen molar-refractivity contribution < 1.29 is 0 Å². The lowest BCUT2D eigenvalue weighted by Crippen LogP contribution is -2.01. The summed E-state index contributed by atoms with van der Waals surface area (Å²) in [5.74, 6) is 2.08. The first-order valence-corrected chi connectivity index (χ1v) is 24.6.